The Morgan fingerprint density at radius 1 is 1.11 bits per heavy atom. The van der Waals surface area contributed by atoms with E-state index in [4.69, 9.17) is 11.6 Å². The molecule has 0 amide bonds. The van der Waals surface area contributed by atoms with Crippen molar-refractivity contribution in [3.05, 3.63) is 70.2 Å². The molecule has 1 nitrogen and oxygen atoms in total. The average molecular weight is 291 g/mol. The number of carbonyl (C=O) groups excluding carboxylic acids is 1. The van der Waals surface area contributed by atoms with Crippen LogP contribution in [0.2, 0.25) is 5.02 Å². The molecule has 0 fully saturated rings. The summed E-state index contributed by atoms with van der Waals surface area (Å²) >= 11 is 7.67. The van der Waals surface area contributed by atoms with Crippen LogP contribution in [0.25, 0.3) is 0 Å². The lowest BCUT2D eigenvalue weighted by Gasteiger charge is -2.04. The van der Waals surface area contributed by atoms with Gasteiger partial charge in [-0.05, 0) is 18.6 Å². The molecule has 0 radical (unpaired) electrons. The highest BCUT2D eigenvalue weighted by atomic mass is 35.5. The second-order valence-corrected chi connectivity index (χ2v) is 5.77. The first kappa shape index (κ1) is 14.2. The fraction of sp³-hybridized carbons (Fsp3) is 0.188. The molecule has 3 heteroatoms. The van der Waals surface area contributed by atoms with E-state index in [1.807, 2.05) is 55.5 Å². The van der Waals surface area contributed by atoms with E-state index in [0.717, 1.165) is 21.9 Å². The topological polar surface area (TPSA) is 17.1 Å². The van der Waals surface area contributed by atoms with Crippen LogP contribution in [-0.2, 0) is 5.75 Å². The third-order valence-corrected chi connectivity index (χ3v) is 4.17. The molecule has 0 saturated heterocycles. The Labute approximate surface area is 123 Å². The first-order chi connectivity index (χ1) is 9.16. The van der Waals surface area contributed by atoms with Crippen LogP contribution in [0.1, 0.15) is 21.5 Å². The van der Waals surface area contributed by atoms with Crippen molar-refractivity contribution in [2.24, 2.45) is 0 Å². The molecule has 19 heavy (non-hydrogen) atoms. The maximum absolute atomic E-state index is 12.0. The minimum atomic E-state index is 0.164. The number of rotatable bonds is 5. The highest BCUT2D eigenvalue weighted by Crippen LogP contribution is 2.21. The van der Waals surface area contributed by atoms with E-state index in [0.29, 0.717) is 5.75 Å². The zero-order valence-electron chi connectivity index (χ0n) is 10.7. The van der Waals surface area contributed by atoms with E-state index >= 15 is 0 Å². The van der Waals surface area contributed by atoms with Gasteiger partial charge in [0.15, 0.2) is 5.78 Å². The molecule has 0 spiro atoms. The van der Waals surface area contributed by atoms with Crippen LogP contribution in [0.4, 0.5) is 0 Å². The molecule has 0 atom stereocenters. The normalized spacial score (nSPS) is 10.4. The lowest BCUT2D eigenvalue weighted by Crippen LogP contribution is -2.02. The molecule has 0 unspecified atom stereocenters. The van der Waals surface area contributed by atoms with Gasteiger partial charge in [-0.1, -0.05) is 59.6 Å². The van der Waals surface area contributed by atoms with Crippen LogP contribution in [0, 0.1) is 6.92 Å². The van der Waals surface area contributed by atoms with E-state index < -0.39 is 0 Å². The van der Waals surface area contributed by atoms with E-state index in [-0.39, 0.29) is 5.78 Å². The second-order valence-electron chi connectivity index (χ2n) is 4.37. The Hall–Kier alpha value is -1.25. The number of thioether (sulfide) groups is 1. The third-order valence-electron chi connectivity index (χ3n) is 2.82. The van der Waals surface area contributed by atoms with Crippen LogP contribution in [0.3, 0.4) is 0 Å². The van der Waals surface area contributed by atoms with Crippen LogP contribution in [0.15, 0.2) is 48.5 Å². The van der Waals surface area contributed by atoms with Gasteiger partial charge in [0.05, 0.1) is 5.75 Å². The summed E-state index contributed by atoms with van der Waals surface area (Å²) in [7, 11) is 0. The van der Waals surface area contributed by atoms with Crippen molar-refractivity contribution in [2.75, 3.05) is 5.75 Å². The molecule has 2 aromatic carbocycles. The van der Waals surface area contributed by atoms with E-state index in [9.17, 15) is 4.79 Å². The number of carbonyl (C=O) groups is 1. The predicted octanol–water partition coefficient (Wildman–Crippen LogP) is 4.76. The number of aryl methyl sites for hydroxylation is 1. The van der Waals surface area contributed by atoms with Crippen molar-refractivity contribution in [2.45, 2.75) is 12.7 Å². The molecular weight excluding hydrogens is 276 g/mol. The van der Waals surface area contributed by atoms with Gasteiger partial charge >= 0.3 is 0 Å². The first-order valence-electron chi connectivity index (χ1n) is 6.08. The zero-order valence-corrected chi connectivity index (χ0v) is 12.3. The molecule has 2 aromatic rings. The summed E-state index contributed by atoms with van der Waals surface area (Å²) in [5.74, 6) is 1.41. The highest BCUT2D eigenvalue weighted by Gasteiger charge is 2.06. The lowest BCUT2D eigenvalue weighted by atomic mass is 10.1. The maximum Gasteiger partial charge on any atom is 0.172 e. The van der Waals surface area contributed by atoms with Gasteiger partial charge in [0, 0.05) is 16.3 Å². The number of hydrogen-bond acceptors (Lipinski definition) is 2. The fourth-order valence-electron chi connectivity index (χ4n) is 1.69. The smallest absolute Gasteiger partial charge is 0.172 e. The van der Waals surface area contributed by atoms with Crippen molar-refractivity contribution < 1.29 is 4.79 Å². The predicted molar refractivity (Wildman–Crippen MR) is 83.1 cm³/mol. The molecule has 0 aliphatic heterocycles. The summed E-state index contributed by atoms with van der Waals surface area (Å²) in [6.45, 7) is 2.01. The first-order valence-corrected chi connectivity index (χ1v) is 7.61. The summed E-state index contributed by atoms with van der Waals surface area (Å²) in [4.78, 5) is 12.0. The van der Waals surface area contributed by atoms with Gasteiger partial charge in [-0.25, -0.2) is 0 Å². The zero-order chi connectivity index (χ0) is 13.7. The molecule has 0 bridgehead atoms. The molecular formula is C16H15ClOS. The van der Waals surface area contributed by atoms with E-state index in [1.165, 1.54) is 5.56 Å². The Kier molecular flexibility index (Phi) is 5.06. The minimum Gasteiger partial charge on any atom is -0.293 e. The fourth-order valence-corrected chi connectivity index (χ4v) is 2.90. The highest BCUT2D eigenvalue weighted by molar-refractivity contribution is 7.99. The van der Waals surface area contributed by atoms with Crippen LogP contribution < -0.4 is 0 Å². The van der Waals surface area contributed by atoms with Gasteiger partial charge in [0.25, 0.3) is 0 Å². The van der Waals surface area contributed by atoms with Crippen molar-refractivity contribution in [1.82, 2.24) is 0 Å². The molecule has 0 aliphatic carbocycles. The minimum absolute atomic E-state index is 0.164. The van der Waals surface area contributed by atoms with Crippen LogP contribution >= 0.6 is 23.4 Å². The van der Waals surface area contributed by atoms with Crippen molar-refractivity contribution >= 4 is 29.1 Å². The SMILES string of the molecule is Cc1ccc(C(=O)CSCc2ccccc2Cl)cc1. The number of Topliss-reactive ketones (excluding diaryl/α,β-unsaturated/α-hetero) is 1. The average Bonchev–Trinajstić information content (AvgIpc) is 2.41. The number of benzene rings is 2. The van der Waals surface area contributed by atoms with E-state index in [1.54, 1.807) is 11.8 Å². The molecule has 98 valence electrons. The lowest BCUT2D eigenvalue weighted by molar-refractivity contribution is 0.102. The van der Waals surface area contributed by atoms with Gasteiger partial charge in [0.1, 0.15) is 0 Å². The van der Waals surface area contributed by atoms with E-state index in [2.05, 4.69) is 0 Å². The summed E-state index contributed by atoms with van der Waals surface area (Å²) in [6, 6.07) is 15.4. The van der Waals surface area contributed by atoms with Crippen molar-refractivity contribution in [3.63, 3.8) is 0 Å². The molecule has 0 aliphatic rings. The Morgan fingerprint density at radius 2 is 1.79 bits per heavy atom. The second kappa shape index (κ2) is 6.78. The Balaban J connectivity index is 1.88. The van der Waals surface area contributed by atoms with Crippen LogP contribution in [-0.4, -0.2) is 11.5 Å². The summed E-state index contributed by atoms with van der Waals surface area (Å²) in [5, 5.41) is 0.762. The Bertz CT molecular complexity index is 563. The standard InChI is InChI=1S/C16H15ClOS/c1-12-6-8-13(9-7-12)16(18)11-19-10-14-4-2-3-5-15(14)17/h2-9H,10-11H2,1H3. The van der Waals surface area contributed by atoms with Gasteiger partial charge < -0.3 is 0 Å². The van der Waals surface area contributed by atoms with Crippen LogP contribution in [0.5, 0.6) is 0 Å². The largest absolute Gasteiger partial charge is 0.293 e. The number of ketones is 1. The van der Waals surface area contributed by atoms with Gasteiger partial charge in [-0.2, -0.15) is 0 Å². The number of halogens is 1. The third kappa shape index (κ3) is 4.12. The van der Waals surface area contributed by atoms with Gasteiger partial charge in [0.2, 0.25) is 0 Å². The summed E-state index contributed by atoms with van der Waals surface area (Å²) in [5.41, 5.74) is 3.02. The summed E-state index contributed by atoms with van der Waals surface area (Å²) < 4.78 is 0. The Morgan fingerprint density at radius 3 is 2.47 bits per heavy atom. The van der Waals surface area contributed by atoms with Gasteiger partial charge in [-0.3, -0.25) is 4.79 Å². The van der Waals surface area contributed by atoms with Crippen molar-refractivity contribution in [1.29, 1.82) is 0 Å². The van der Waals surface area contributed by atoms with Crippen molar-refractivity contribution in [3.8, 4) is 0 Å². The molecule has 0 saturated carbocycles. The maximum atomic E-state index is 12.0. The number of hydrogen-bond donors (Lipinski definition) is 0. The molecule has 0 aromatic heterocycles. The quantitative estimate of drug-likeness (QED) is 0.738. The molecule has 0 heterocycles. The summed E-state index contributed by atoms with van der Waals surface area (Å²) in [6.07, 6.45) is 0. The molecule has 2 rings (SSSR count). The monoisotopic (exact) mass is 290 g/mol. The molecule has 0 N–H and O–H groups in total. The van der Waals surface area contributed by atoms with Gasteiger partial charge in [-0.15, -0.1) is 11.8 Å².